The number of halogens is 2. The SMILES string of the molecule is CO[Si](CCCOCC(COCC(CCOC(F)(F)CC(COCC(COCCC[Si](OC)(OC)OC)OCCC[Si](OC)(OC)OC)OCC(COCC(COCCC[Si](OC)(OC)OC)OCCC[Si](OC)(OC)OC)OCCC[Si](OC)(OC)OC)OCC(COCC(COCCC[Si](OC)(OC)OC)OCCC[Si](OC)(OC)OC)OCCC[Si](OC)(OC)OC)OCCC[Si](OC)(OC)OC)(OC)OC. The summed E-state index contributed by atoms with van der Waals surface area (Å²) in [6.45, 7) is 0.688. The molecule has 0 spiro atoms. The lowest BCUT2D eigenvalue weighted by Gasteiger charge is -2.28. The Bertz CT molecular complexity index is 2810. The Morgan fingerprint density at radius 3 is 0.462 bits per heavy atom. The van der Waals surface area contributed by atoms with Crippen LogP contribution in [0.15, 0.2) is 0 Å². The van der Waals surface area contributed by atoms with Crippen LogP contribution in [0.2, 0.25) is 60.4 Å². The van der Waals surface area contributed by atoms with Gasteiger partial charge in [0.25, 0.3) is 0 Å². The summed E-state index contributed by atoms with van der Waals surface area (Å²) in [6.07, 6.45) is -6.99. The van der Waals surface area contributed by atoms with Crippen molar-refractivity contribution in [2.24, 2.45) is 0 Å². The van der Waals surface area contributed by atoms with Crippen LogP contribution < -0.4 is 0 Å². The first-order chi connectivity index (χ1) is 69.9. The van der Waals surface area contributed by atoms with Gasteiger partial charge in [-0.25, -0.2) is 0 Å². The number of alkyl halides is 2. The van der Waals surface area contributed by atoms with Crippen molar-refractivity contribution in [3.8, 4) is 0 Å². The number of rotatable bonds is 112. The number of hydrogen-bond donors (Lipinski definition) is 0. The molecule has 0 N–H and O–H groups in total. The molecule has 0 heterocycles. The largest absolute Gasteiger partial charge is 0.500 e. The maximum atomic E-state index is 17.6. The van der Waals surface area contributed by atoms with Gasteiger partial charge < -0.3 is 213 Å². The number of ether oxygens (including phenoxy) is 17. The summed E-state index contributed by atoms with van der Waals surface area (Å²) in [4.78, 5) is 0. The van der Waals surface area contributed by atoms with Gasteiger partial charge in [0.2, 0.25) is 0 Å². The molecule has 0 saturated heterocycles. The third kappa shape index (κ3) is 60.1. The van der Waals surface area contributed by atoms with Gasteiger partial charge in [-0.05, 0) is 70.6 Å². The van der Waals surface area contributed by atoms with E-state index in [0.29, 0.717) is 138 Å². The first-order valence-electron chi connectivity index (χ1n) is 49.0. The summed E-state index contributed by atoms with van der Waals surface area (Å²) >= 11 is 0. The number of hydrogen-bond acceptors (Lipinski definition) is 47. The minimum absolute atomic E-state index is 0.00566. The van der Waals surface area contributed by atoms with Gasteiger partial charge in [-0.1, -0.05) is 0 Å². The molecule has 0 aliphatic heterocycles. The van der Waals surface area contributed by atoms with Gasteiger partial charge >= 0.3 is 94.2 Å². The lowest BCUT2D eigenvalue weighted by Crippen LogP contribution is -2.43. The molecule has 145 heavy (non-hydrogen) atoms. The summed E-state index contributed by atoms with van der Waals surface area (Å²) in [5, 5.41) is 0. The van der Waals surface area contributed by atoms with Crippen molar-refractivity contribution in [1.82, 2.24) is 0 Å². The summed E-state index contributed by atoms with van der Waals surface area (Å²) in [7, 11) is 16.3. The van der Waals surface area contributed by atoms with E-state index in [-0.39, 0.29) is 145 Å². The van der Waals surface area contributed by atoms with Crippen LogP contribution in [0.5, 0.6) is 0 Å². The Kier molecular flexibility index (Phi) is 87.2. The van der Waals surface area contributed by atoms with Crippen LogP contribution >= 0.6 is 0 Å². The highest BCUT2D eigenvalue weighted by molar-refractivity contribution is 6.63. The lowest BCUT2D eigenvalue weighted by molar-refractivity contribution is -0.262. The van der Waals surface area contributed by atoms with Gasteiger partial charge in [0, 0.05) is 340 Å². The van der Waals surface area contributed by atoms with Crippen molar-refractivity contribution in [3.05, 3.63) is 0 Å². The quantitative estimate of drug-likeness (QED) is 0.0408. The van der Waals surface area contributed by atoms with E-state index in [1.165, 1.54) is 107 Å². The van der Waals surface area contributed by atoms with E-state index in [4.69, 9.17) is 213 Å². The molecule has 872 valence electrons. The van der Waals surface area contributed by atoms with E-state index in [1.807, 2.05) is 0 Å². The predicted molar refractivity (Wildman–Crippen MR) is 547 cm³/mol. The van der Waals surface area contributed by atoms with Crippen molar-refractivity contribution in [3.63, 3.8) is 0 Å². The predicted octanol–water partition coefficient (Wildman–Crippen LogP) is 8.27. The van der Waals surface area contributed by atoms with Crippen molar-refractivity contribution in [1.29, 1.82) is 0 Å². The molecule has 59 heteroatoms. The fraction of sp³-hybridized carbons (Fsp3) is 1.00. The molecule has 8 atom stereocenters. The second-order valence-corrected chi connectivity index (χ2v) is 63.7. The third-order valence-corrected chi connectivity index (χ3v) is 52.5. The highest BCUT2D eigenvalue weighted by atomic mass is 28.4. The van der Waals surface area contributed by atoms with Gasteiger partial charge in [0.15, 0.2) is 0 Å². The molecule has 0 aromatic heterocycles. The average Bonchev–Trinajstić information content (AvgIpc) is 0.943. The first-order valence-corrected chi connectivity index (χ1v) is 68.3. The molecule has 0 radical (unpaired) electrons. The Morgan fingerprint density at radius 1 is 0.152 bits per heavy atom. The van der Waals surface area contributed by atoms with E-state index in [9.17, 15) is 0 Å². The van der Waals surface area contributed by atoms with Crippen molar-refractivity contribution in [2.45, 2.75) is 192 Å². The molecular weight excluding hydrogens is 2100 g/mol. The normalized spacial score (nSPS) is 15.1. The van der Waals surface area contributed by atoms with Crippen LogP contribution in [-0.2, 0) is 213 Å². The van der Waals surface area contributed by atoms with Gasteiger partial charge in [0.1, 0.15) is 36.6 Å². The Balaban J connectivity index is 8.56. The van der Waals surface area contributed by atoms with E-state index < -0.39 is 163 Å². The standard InChI is InChI=1S/C86H192F2O47Si10/c1-89-136(90-2,91-3)53-31-42-119-66-80(127-46-35-57-140(101-13,102-14)103-15)70-123-64-78(133-76-84(131-50-39-61-144(113-25,114-26)115-27)74-125-72-82(129-48-37-59-142(107-19,108-20)109-21)68-121-44-33-55-138(95-7,96-8)97-9)41-52-135-86(87,88)63-79(65-124-71-81(128-47-36-58-141(104-16,105-17)106-18)67-120-43-32-54-137(92-4,93-5)94-6)134-77-85(132-51-40-62-145(116-28,117-29)118-30)75-126-73-83(130-49-38-60-143(110-22,111-23)112-24)69-122-45-34-56-139(98-10,99-11)100-12/h78-85H,31-77H2,1-30H3. The van der Waals surface area contributed by atoms with Crippen LogP contribution in [0.3, 0.4) is 0 Å². The monoisotopic (exact) mass is 2300 g/mol. The highest BCUT2D eigenvalue weighted by Crippen LogP contribution is 2.29. The highest BCUT2D eigenvalue weighted by Gasteiger charge is 2.46. The third-order valence-electron chi connectivity index (χ3n) is 24.2. The summed E-state index contributed by atoms with van der Waals surface area (Å²) < 4.78 is 315. The smallest absolute Gasteiger partial charge is 0.379 e. The molecule has 0 bridgehead atoms. The van der Waals surface area contributed by atoms with Crippen LogP contribution in [0.25, 0.3) is 0 Å². The Labute approximate surface area is 876 Å². The zero-order chi connectivity index (χ0) is 109. The lowest BCUT2D eigenvalue weighted by atomic mass is 10.2. The van der Waals surface area contributed by atoms with E-state index in [0.717, 1.165) is 0 Å². The maximum absolute atomic E-state index is 17.6. The van der Waals surface area contributed by atoms with Crippen LogP contribution in [0.4, 0.5) is 8.78 Å². The molecule has 0 aromatic carbocycles. The average molecular weight is 2300 g/mol. The van der Waals surface area contributed by atoms with E-state index in [2.05, 4.69) is 0 Å². The molecule has 0 fully saturated rings. The molecule has 0 aromatic rings. The van der Waals surface area contributed by atoms with E-state index in [1.54, 1.807) is 107 Å². The summed E-state index contributed by atoms with van der Waals surface area (Å²) in [5.41, 5.74) is 0. The molecule has 0 saturated carbocycles. The topological polar surface area (TPSA) is 434 Å². The second kappa shape index (κ2) is 87.1. The van der Waals surface area contributed by atoms with Gasteiger partial charge in [-0.3, -0.25) is 0 Å². The molecule has 0 amide bonds. The zero-order valence-corrected chi connectivity index (χ0v) is 103. The minimum Gasteiger partial charge on any atom is -0.379 e. The summed E-state index contributed by atoms with van der Waals surface area (Å²) in [6, 6.07) is 4.42. The van der Waals surface area contributed by atoms with Crippen LogP contribution in [0.1, 0.15) is 77.0 Å². The van der Waals surface area contributed by atoms with Gasteiger partial charge in [-0.15, -0.1) is 0 Å². The fourth-order valence-electron chi connectivity index (χ4n) is 14.9. The maximum Gasteiger partial charge on any atom is 0.500 e. The van der Waals surface area contributed by atoms with Crippen molar-refractivity contribution in [2.75, 3.05) is 378 Å². The molecule has 0 aliphatic carbocycles. The molecule has 47 nitrogen and oxygen atoms in total. The molecule has 0 rings (SSSR count). The molecule has 8 unspecified atom stereocenters. The molecule has 0 aliphatic rings. The van der Waals surface area contributed by atoms with Gasteiger partial charge in [0.05, 0.1) is 118 Å². The van der Waals surface area contributed by atoms with Crippen LogP contribution in [-0.4, -0.2) is 521 Å². The molecular formula is C86H192F2O47Si10. The minimum atomic E-state index is -3.93. The fourth-order valence-corrected chi connectivity index (χ4v) is 31.8. The first kappa shape index (κ1) is 145. The second-order valence-electron chi connectivity index (χ2n) is 32.8. The van der Waals surface area contributed by atoms with E-state index >= 15 is 8.78 Å². The summed E-state index contributed by atoms with van der Waals surface area (Å²) in [5.74, 6) is 0. The van der Waals surface area contributed by atoms with Crippen molar-refractivity contribution < 1.29 is 222 Å². The van der Waals surface area contributed by atoms with Gasteiger partial charge in [-0.2, -0.15) is 8.78 Å². The Morgan fingerprint density at radius 2 is 0.290 bits per heavy atom. The zero-order valence-electron chi connectivity index (χ0n) is 93.3. The van der Waals surface area contributed by atoms with Crippen LogP contribution in [0, 0.1) is 0 Å². The Hall–Kier alpha value is 0.149. The van der Waals surface area contributed by atoms with Crippen molar-refractivity contribution >= 4 is 88.0 Å².